The lowest BCUT2D eigenvalue weighted by Crippen LogP contribution is -2.10. The van der Waals surface area contributed by atoms with E-state index >= 15 is 0 Å². The van der Waals surface area contributed by atoms with Gasteiger partial charge >= 0.3 is 0 Å². The first kappa shape index (κ1) is 22.1. The van der Waals surface area contributed by atoms with Crippen LogP contribution >= 0.6 is 0 Å². The quantitative estimate of drug-likeness (QED) is 0.240. The Kier molecular flexibility index (Phi) is 5.49. The molecule has 0 saturated heterocycles. The lowest BCUT2D eigenvalue weighted by Gasteiger charge is -2.26. The number of nitrogens with zero attached hydrogens (tertiary/aromatic N) is 1. The maximum absolute atomic E-state index is 6.23. The van der Waals surface area contributed by atoms with Gasteiger partial charge < -0.3 is 9.32 Å². The summed E-state index contributed by atoms with van der Waals surface area (Å²) in [6, 6.07) is 53.2. The predicted octanol–water partition coefficient (Wildman–Crippen LogP) is 10.4. The predicted molar refractivity (Wildman–Crippen MR) is 159 cm³/mol. The van der Waals surface area contributed by atoms with Crippen molar-refractivity contribution in [2.75, 3.05) is 4.90 Å². The molecule has 0 bridgehead atoms. The van der Waals surface area contributed by atoms with Crippen LogP contribution in [0.5, 0.6) is 0 Å². The minimum absolute atomic E-state index is 0.905. The van der Waals surface area contributed by atoms with E-state index in [2.05, 4.69) is 144 Å². The molecule has 0 amide bonds. The number of furan rings is 1. The molecule has 0 unspecified atom stereocenters. The lowest BCUT2D eigenvalue weighted by atomic mass is 9.93. The van der Waals surface area contributed by atoms with Crippen LogP contribution in [0.1, 0.15) is 0 Å². The standard InChI is InChI=1S/C36H25NO/c1-4-12-26(13-5-1)34-25-30(37(28-14-6-2-7-15-28)29-16-8-3-9-17-29)21-23-31(34)27-20-22-33-32-18-10-11-19-35(32)38-36(33)24-27/h1-25H. The average Bonchev–Trinajstić information content (AvgIpc) is 3.37. The Bertz CT molecular complexity index is 1820. The Balaban J connectivity index is 1.43. The third kappa shape index (κ3) is 3.93. The van der Waals surface area contributed by atoms with E-state index in [0.29, 0.717) is 0 Å². The van der Waals surface area contributed by atoms with Gasteiger partial charge in [0, 0.05) is 27.8 Å². The molecule has 38 heavy (non-hydrogen) atoms. The largest absolute Gasteiger partial charge is 0.456 e. The minimum atomic E-state index is 0.905. The molecule has 0 aliphatic heterocycles. The highest BCUT2D eigenvalue weighted by atomic mass is 16.3. The summed E-state index contributed by atoms with van der Waals surface area (Å²) in [5.74, 6) is 0. The minimum Gasteiger partial charge on any atom is -0.456 e. The Morgan fingerprint density at radius 1 is 0.368 bits per heavy atom. The summed E-state index contributed by atoms with van der Waals surface area (Å²) in [6.45, 7) is 0. The fourth-order valence-electron chi connectivity index (χ4n) is 5.27. The van der Waals surface area contributed by atoms with Crippen LogP contribution in [-0.4, -0.2) is 0 Å². The SMILES string of the molecule is c1ccc(-c2cc(N(c3ccccc3)c3ccccc3)ccc2-c2ccc3c(c2)oc2ccccc23)cc1. The lowest BCUT2D eigenvalue weighted by molar-refractivity contribution is 0.669. The molecule has 0 N–H and O–H groups in total. The third-order valence-corrected chi connectivity index (χ3v) is 7.06. The molecule has 1 aromatic heterocycles. The number of hydrogen-bond donors (Lipinski definition) is 0. The van der Waals surface area contributed by atoms with Gasteiger partial charge in [-0.05, 0) is 76.9 Å². The zero-order valence-corrected chi connectivity index (χ0v) is 20.8. The van der Waals surface area contributed by atoms with Gasteiger partial charge in [-0.1, -0.05) is 97.1 Å². The molecule has 7 rings (SSSR count). The second-order valence-electron chi connectivity index (χ2n) is 9.41. The van der Waals surface area contributed by atoms with Crippen LogP contribution in [0.2, 0.25) is 0 Å². The van der Waals surface area contributed by atoms with Crippen molar-refractivity contribution in [3.8, 4) is 22.3 Å². The van der Waals surface area contributed by atoms with Gasteiger partial charge in [-0.15, -0.1) is 0 Å². The molecule has 6 aromatic carbocycles. The summed E-state index contributed by atoms with van der Waals surface area (Å²) in [5, 5.41) is 2.29. The molecule has 0 fully saturated rings. The Morgan fingerprint density at radius 2 is 0.974 bits per heavy atom. The molecule has 1 heterocycles. The molecule has 0 saturated carbocycles. The first-order valence-electron chi connectivity index (χ1n) is 12.9. The third-order valence-electron chi connectivity index (χ3n) is 7.06. The summed E-state index contributed by atoms with van der Waals surface area (Å²) in [6.07, 6.45) is 0. The molecule has 0 radical (unpaired) electrons. The van der Waals surface area contributed by atoms with Gasteiger partial charge in [0.2, 0.25) is 0 Å². The fourth-order valence-corrected chi connectivity index (χ4v) is 5.27. The van der Waals surface area contributed by atoms with Crippen LogP contribution in [-0.2, 0) is 0 Å². The van der Waals surface area contributed by atoms with Crippen molar-refractivity contribution in [3.63, 3.8) is 0 Å². The van der Waals surface area contributed by atoms with Gasteiger partial charge in [0.05, 0.1) is 0 Å². The van der Waals surface area contributed by atoms with Crippen molar-refractivity contribution in [1.82, 2.24) is 0 Å². The van der Waals surface area contributed by atoms with Crippen LogP contribution in [0.15, 0.2) is 156 Å². The number of fused-ring (bicyclic) bond motifs is 3. The maximum atomic E-state index is 6.23. The van der Waals surface area contributed by atoms with Gasteiger partial charge in [-0.2, -0.15) is 0 Å². The van der Waals surface area contributed by atoms with Crippen molar-refractivity contribution in [2.24, 2.45) is 0 Å². The highest BCUT2D eigenvalue weighted by molar-refractivity contribution is 6.06. The van der Waals surface area contributed by atoms with E-state index in [1.54, 1.807) is 0 Å². The number of para-hydroxylation sites is 3. The van der Waals surface area contributed by atoms with Gasteiger partial charge in [0.15, 0.2) is 0 Å². The van der Waals surface area contributed by atoms with E-state index < -0.39 is 0 Å². The van der Waals surface area contributed by atoms with Crippen molar-refractivity contribution in [2.45, 2.75) is 0 Å². The zero-order valence-electron chi connectivity index (χ0n) is 20.8. The number of anilines is 3. The second kappa shape index (κ2) is 9.42. The molecule has 7 aromatic rings. The molecular weight excluding hydrogens is 462 g/mol. The average molecular weight is 488 g/mol. The number of rotatable bonds is 5. The van der Waals surface area contributed by atoms with Crippen molar-refractivity contribution in [1.29, 1.82) is 0 Å². The summed E-state index contributed by atoms with van der Waals surface area (Å²) in [5.41, 5.74) is 9.82. The first-order chi connectivity index (χ1) is 18.8. The zero-order chi connectivity index (χ0) is 25.3. The highest BCUT2D eigenvalue weighted by Crippen LogP contribution is 2.41. The van der Waals surface area contributed by atoms with Crippen molar-refractivity contribution in [3.05, 3.63) is 152 Å². The van der Waals surface area contributed by atoms with Crippen LogP contribution in [0.25, 0.3) is 44.2 Å². The van der Waals surface area contributed by atoms with E-state index in [1.165, 1.54) is 16.7 Å². The van der Waals surface area contributed by atoms with E-state index in [1.807, 2.05) is 12.1 Å². The molecule has 0 aliphatic rings. The normalized spacial score (nSPS) is 11.2. The maximum Gasteiger partial charge on any atom is 0.136 e. The van der Waals surface area contributed by atoms with E-state index in [0.717, 1.165) is 44.6 Å². The van der Waals surface area contributed by atoms with Crippen LogP contribution < -0.4 is 4.90 Å². The summed E-state index contributed by atoms with van der Waals surface area (Å²) in [7, 11) is 0. The van der Waals surface area contributed by atoms with Gasteiger partial charge in [-0.25, -0.2) is 0 Å². The molecule has 180 valence electrons. The Morgan fingerprint density at radius 3 is 1.68 bits per heavy atom. The van der Waals surface area contributed by atoms with Crippen LogP contribution in [0.4, 0.5) is 17.1 Å². The summed E-state index contributed by atoms with van der Waals surface area (Å²) >= 11 is 0. The number of hydrogen-bond acceptors (Lipinski definition) is 2. The van der Waals surface area contributed by atoms with Crippen molar-refractivity contribution < 1.29 is 4.42 Å². The van der Waals surface area contributed by atoms with Crippen LogP contribution in [0.3, 0.4) is 0 Å². The fraction of sp³-hybridized carbons (Fsp3) is 0. The Labute approximate surface area is 222 Å². The number of benzene rings is 6. The molecule has 0 aliphatic carbocycles. The molecule has 0 spiro atoms. The smallest absolute Gasteiger partial charge is 0.136 e. The summed E-state index contributed by atoms with van der Waals surface area (Å²) < 4.78 is 6.23. The molecule has 2 heteroatoms. The highest BCUT2D eigenvalue weighted by Gasteiger charge is 2.17. The van der Waals surface area contributed by atoms with Gasteiger partial charge in [0.25, 0.3) is 0 Å². The first-order valence-corrected chi connectivity index (χ1v) is 12.9. The van der Waals surface area contributed by atoms with E-state index in [4.69, 9.17) is 4.42 Å². The summed E-state index contributed by atoms with van der Waals surface area (Å²) in [4.78, 5) is 2.30. The second-order valence-corrected chi connectivity index (χ2v) is 9.41. The molecule has 2 nitrogen and oxygen atoms in total. The molecule has 0 atom stereocenters. The van der Waals surface area contributed by atoms with Crippen LogP contribution in [0, 0.1) is 0 Å². The van der Waals surface area contributed by atoms with Crippen molar-refractivity contribution >= 4 is 39.0 Å². The topological polar surface area (TPSA) is 16.4 Å². The van der Waals surface area contributed by atoms with E-state index in [9.17, 15) is 0 Å². The van der Waals surface area contributed by atoms with Gasteiger partial charge in [0.1, 0.15) is 11.2 Å². The molecular formula is C36H25NO. The van der Waals surface area contributed by atoms with E-state index in [-0.39, 0.29) is 0 Å². The Hall–Kier alpha value is -5.08. The monoisotopic (exact) mass is 487 g/mol. The van der Waals surface area contributed by atoms with Gasteiger partial charge in [-0.3, -0.25) is 0 Å².